The third kappa shape index (κ3) is 5.65. The van der Waals surface area contributed by atoms with E-state index >= 15 is 0 Å². The van der Waals surface area contributed by atoms with E-state index in [2.05, 4.69) is 22.9 Å². The Labute approximate surface area is 197 Å². The first kappa shape index (κ1) is 24.2. The molecule has 0 amide bonds. The molecule has 1 heterocycles. The average molecular weight is 614 g/mol. The standard InChI is InChI=1S/C21H27BrIO6S/c1-3-9-23-16-6-5-15(18(22)12-16)14-30(25,26)19-7-8-21(28-10-11-29-21)13-17(19)20(24)27-4-2/h5-6,12-13,19H,3-4,7-11,14H2,1-2H3/q-1. The van der Waals surface area contributed by atoms with Gasteiger partial charge in [-0.2, -0.15) is 0 Å². The van der Waals surface area contributed by atoms with E-state index in [-0.39, 0.29) is 45.6 Å². The molecule has 1 aliphatic heterocycles. The maximum atomic E-state index is 13.3. The molecule has 30 heavy (non-hydrogen) atoms. The van der Waals surface area contributed by atoms with Gasteiger partial charge in [0.05, 0.1) is 0 Å². The number of benzene rings is 1. The van der Waals surface area contributed by atoms with Gasteiger partial charge in [0.1, 0.15) is 0 Å². The van der Waals surface area contributed by atoms with Gasteiger partial charge in [0.2, 0.25) is 0 Å². The Morgan fingerprint density at radius 3 is 2.67 bits per heavy atom. The van der Waals surface area contributed by atoms with Crippen molar-refractivity contribution in [3.63, 3.8) is 0 Å². The van der Waals surface area contributed by atoms with Gasteiger partial charge in [0, 0.05) is 0 Å². The molecule has 1 aromatic rings. The fourth-order valence-corrected chi connectivity index (χ4v) is 8.78. The second-order valence-corrected chi connectivity index (χ2v) is 13.3. The fourth-order valence-electron chi connectivity index (χ4n) is 3.61. The maximum absolute atomic E-state index is 13.3. The molecular weight excluding hydrogens is 587 g/mol. The minimum atomic E-state index is -3.65. The van der Waals surface area contributed by atoms with Crippen molar-refractivity contribution in [3.8, 4) is 0 Å². The molecule has 0 bridgehead atoms. The number of carbonyl (C=O) groups is 1. The molecule has 0 aromatic heterocycles. The zero-order valence-electron chi connectivity index (χ0n) is 17.2. The molecular formula is C21H27BrIO6S-. The number of sulfone groups is 1. The van der Waals surface area contributed by atoms with Crippen molar-refractivity contribution in [3.05, 3.63) is 43.5 Å². The molecule has 6 nitrogen and oxygen atoms in total. The third-order valence-corrected chi connectivity index (χ3v) is 11.0. The summed E-state index contributed by atoms with van der Waals surface area (Å²) in [6.07, 6.45) is 3.32. The Morgan fingerprint density at radius 2 is 2.03 bits per heavy atom. The normalized spacial score (nSPS) is 21.0. The molecule has 168 valence electrons. The van der Waals surface area contributed by atoms with Crippen LogP contribution in [-0.2, 0) is 34.6 Å². The Morgan fingerprint density at radius 1 is 1.30 bits per heavy atom. The molecule has 1 saturated heterocycles. The fraction of sp³-hybridized carbons (Fsp3) is 0.571. The van der Waals surface area contributed by atoms with E-state index in [1.165, 1.54) is 14.1 Å². The van der Waals surface area contributed by atoms with Crippen LogP contribution in [-0.4, -0.2) is 49.7 Å². The first-order chi connectivity index (χ1) is 14.3. The number of alkyl halides is 1. The van der Waals surface area contributed by atoms with Crippen LogP contribution < -0.4 is 21.2 Å². The monoisotopic (exact) mass is 613 g/mol. The van der Waals surface area contributed by atoms with Crippen molar-refractivity contribution < 1.29 is 48.6 Å². The van der Waals surface area contributed by atoms with Crippen molar-refractivity contribution >= 4 is 31.7 Å². The van der Waals surface area contributed by atoms with Crippen LogP contribution in [0, 0.1) is 3.57 Å². The summed E-state index contributed by atoms with van der Waals surface area (Å²) in [7, 11) is -3.65. The summed E-state index contributed by atoms with van der Waals surface area (Å²) in [5.74, 6) is -1.78. The quantitative estimate of drug-likeness (QED) is 0.240. The molecule has 3 rings (SSSR count). The number of halogens is 2. The van der Waals surface area contributed by atoms with Crippen LogP contribution in [0.3, 0.4) is 0 Å². The summed E-state index contributed by atoms with van der Waals surface area (Å²) in [5.41, 5.74) is 0.822. The first-order valence-corrected chi connectivity index (χ1v) is 15.2. The molecule has 1 aromatic carbocycles. The van der Waals surface area contributed by atoms with Gasteiger partial charge >= 0.3 is 198 Å². The summed E-state index contributed by atoms with van der Waals surface area (Å²) in [6.45, 7) is 4.88. The summed E-state index contributed by atoms with van der Waals surface area (Å²) >= 11 is 3.48. The van der Waals surface area contributed by atoms with E-state index in [0.29, 0.717) is 25.2 Å². The van der Waals surface area contributed by atoms with Crippen molar-refractivity contribution in [1.82, 2.24) is 0 Å². The molecule has 9 heteroatoms. The van der Waals surface area contributed by atoms with Gasteiger partial charge in [-0.3, -0.25) is 0 Å². The van der Waals surface area contributed by atoms with Gasteiger partial charge in [-0.05, 0) is 0 Å². The van der Waals surface area contributed by atoms with E-state index in [0.717, 1.165) is 10.9 Å². The van der Waals surface area contributed by atoms with Crippen molar-refractivity contribution in [1.29, 1.82) is 0 Å². The van der Waals surface area contributed by atoms with E-state index in [9.17, 15) is 13.2 Å². The SMILES string of the molecule is CCC[I-]c1ccc(CS(=O)(=O)C2CCC3(C=C2C(=O)OCC)OCCO3)c(Br)c1. The first-order valence-electron chi connectivity index (χ1n) is 10.1. The summed E-state index contributed by atoms with van der Waals surface area (Å²) in [4.78, 5) is 12.6. The number of ether oxygens (including phenoxy) is 3. The van der Waals surface area contributed by atoms with Gasteiger partial charge in [-0.1, -0.05) is 0 Å². The number of carbonyl (C=O) groups excluding carboxylic acids is 1. The third-order valence-electron chi connectivity index (χ3n) is 5.01. The minimum absolute atomic E-state index is 0.0572. The number of rotatable bonds is 8. The van der Waals surface area contributed by atoms with Gasteiger partial charge in [0.15, 0.2) is 0 Å². The Bertz CT molecular complexity index is 908. The van der Waals surface area contributed by atoms with Gasteiger partial charge in [-0.25, -0.2) is 0 Å². The Kier molecular flexibility index (Phi) is 8.39. The van der Waals surface area contributed by atoms with Crippen molar-refractivity contribution in [2.75, 3.05) is 24.2 Å². The zero-order chi connectivity index (χ0) is 21.8. The molecule has 1 atom stereocenters. The molecule has 1 spiro atoms. The van der Waals surface area contributed by atoms with E-state index < -0.39 is 26.8 Å². The van der Waals surface area contributed by atoms with Crippen LogP contribution in [0.15, 0.2) is 34.3 Å². The van der Waals surface area contributed by atoms with Crippen LogP contribution in [0.2, 0.25) is 0 Å². The molecule has 0 radical (unpaired) electrons. The van der Waals surface area contributed by atoms with Crippen LogP contribution in [0.4, 0.5) is 0 Å². The number of hydrogen-bond donors (Lipinski definition) is 0. The van der Waals surface area contributed by atoms with Crippen molar-refractivity contribution in [2.45, 2.75) is 49.9 Å². The molecule has 0 N–H and O–H groups in total. The number of esters is 1. The summed E-state index contributed by atoms with van der Waals surface area (Å²) in [5, 5.41) is -0.936. The topological polar surface area (TPSA) is 78.9 Å². The van der Waals surface area contributed by atoms with Crippen LogP contribution in [0.5, 0.6) is 0 Å². The second-order valence-electron chi connectivity index (χ2n) is 7.22. The van der Waals surface area contributed by atoms with E-state index in [1.54, 1.807) is 6.92 Å². The summed E-state index contributed by atoms with van der Waals surface area (Å²) in [6, 6.07) is 5.94. The second kappa shape index (κ2) is 10.4. The molecule has 1 unspecified atom stereocenters. The summed E-state index contributed by atoms with van der Waals surface area (Å²) < 4.78 is 46.5. The van der Waals surface area contributed by atoms with Crippen LogP contribution >= 0.6 is 15.9 Å². The van der Waals surface area contributed by atoms with Gasteiger partial charge in [0.25, 0.3) is 0 Å². The predicted molar refractivity (Wildman–Crippen MR) is 113 cm³/mol. The Balaban J connectivity index is 1.86. The Hall–Kier alpha value is -0.490. The zero-order valence-corrected chi connectivity index (χ0v) is 21.7. The molecule has 0 saturated carbocycles. The molecule has 2 aliphatic rings. The van der Waals surface area contributed by atoms with E-state index in [4.69, 9.17) is 14.2 Å². The van der Waals surface area contributed by atoms with Gasteiger partial charge < -0.3 is 0 Å². The van der Waals surface area contributed by atoms with Gasteiger partial charge in [-0.15, -0.1) is 0 Å². The van der Waals surface area contributed by atoms with E-state index in [1.807, 2.05) is 18.2 Å². The predicted octanol–water partition coefficient (Wildman–Crippen LogP) is 0.428. The molecule has 1 fully saturated rings. The average Bonchev–Trinajstić information content (AvgIpc) is 3.15. The molecule has 1 aliphatic carbocycles. The van der Waals surface area contributed by atoms with Crippen molar-refractivity contribution in [2.24, 2.45) is 0 Å². The number of hydrogen-bond acceptors (Lipinski definition) is 6. The van der Waals surface area contributed by atoms with Crippen LogP contribution in [0.1, 0.15) is 38.7 Å². The van der Waals surface area contributed by atoms with Crippen LogP contribution in [0.25, 0.3) is 0 Å².